The van der Waals surface area contributed by atoms with Crippen molar-refractivity contribution in [2.45, 2.75) is 44.3 Å². The number of fused-ring (bicyclic) bond motifs is 3. The van der Waals surface area contributed by atoms with Crippen molar-refractivity contribution in [3.63, 3.8) is 0 Å². The summed E-state index contributed by atoms with van der Waals surface area (Å²) >= 11 is 0. The quantitative estimate of drug-likeness (QED) is 0.313. The minimum Gasteiger partial charge on any atom is -0.491 e. The van der Waals surface area contributed by atoms with Crippen LogP contribution in [0.15, 0.2) is 55.1 Å². The number of piperidine rings is 1. The van der Waals surface area contributed by atoms with E-state index in [9.17, 15) is 10.1 Å². The molecule has 1 N–H and O–H groups in total. The van der Waals surface area contributed by atoms with Gasteiger partial charge in [0, 0.05) is 73.8 Å². The van der Waals surface area contributed by atoms with Gasteiger partial charge in [-0.15, -0.1) is 0 Å². The Morgan fingerprint density at radius 3 is 2.59 bits per heavy atom. The van der Waals surface area contributed by atoms with Crippen LogP contribution in [0.5, 0.6) is 11.6 Å². The zero-order chi connectivity index (χ0) is 30.1. The van der Waals surface area contributed by atoms with Crippen LogP contribution < -0.4 is 19.7 Å². The number of nitrogens with zero attached hydrogens (tertiary/aromatic N) is 7. The van der Waals surface area contributed by atoms with Crippen LogP contribution in [0.2, 0.25) is 0 Å². The molecule has 11 heteroatoms. The molecule has 11 nitrogen and oxygen atoms in total. The molecular weight excluding hydrogens is 556 g/mol. The lowest BCUT2D eigenvalue weighted by Gasteiger charge is -2.68. The molecule has 3 saturated heterocycles. The van der Waals surface area contributed by atoms with Crippen LogP contribution in [0.25, 0.3) is 16.6 Å². The van der Waals surface area contributed by atoms with Crippen molar-refractivity contribution in [3.05, 3.63) is 66.2 Å². The summed E-state index contributed by atoms with van der Waals surface area (Å²) in [7, 11) is 3.34. The zero-order valence-electron chi connectivity index (χ0n) is 24.9. The van der Waals surface area contributed by atoms with Crippen molar-refractivity contribution < 1.29 is 14.3 Å². The van der Waals surface area contributed by atoms with Crippen molar-refractivity contribution in [1.29, 1.82) is 5.26 Å². The van der Waals surface area contributed by atoms with Gasteiger partial charge in [-0.2, -0.15) is 10.4 Å². The first kappa shape index (κ1) is 26.9. The third-order valence-corrected chi connectivity index (χ3v) is 10.2. The highest BCUT2D eigenvalue weighted by atomic mass is 16.5. The Balaban J connectivity index is 0.971. The van der Waals surface area contributed by atoms with Crippen molar-refractivity contribution in [1.82, 2.24) is 29.8 Å². The molecule has 44 heavy (non-hydrogen) atoms. The molecule has 0 radical (unpaired) electrons. The van der Waals surface area contributed by atoms with Crippen LogP contribution in [0.1, 0.15) is 36.8 Å². The van der Waals surface area contributed by atoms with Gasteiger partial charge in [-0.05, 0) is 49.4 Å². The fourth-order valence-corrected chi connectivity index (χ4v) is 8.07. The number of carbonyl (C=O) groups excluding carboxylic acids is 1. The number of hydrogen-bond donors (Lipinski definition) is 1. The highest BCUT2D eigenvalue weighted by molar-refractivity contribution is 5.86. The van der Waals surface area contributed by atoms with E-state index < -0.39 is 0 Å². The van der Waals surface area contributed by atoms with Gasteiger partial charge in [0.25, 0.3) is 0 Å². The lowest BCUT2D eigenvalue weighted by atomic mass is 9.35. The average molecular weight is 591 g/mol. The Hall–Kier alpha value is -4.69. The number of piperazine rings is 1. The molecule has 4 aromatic rings. The van der Waals surface area contributed by atoms with Crippen molar-refractivity contribution in [2.75, 3.05) is 38.8 Å². The first-order valence-electron chi connectivity index (χ1n) is 15.1. The SMILES string of the molecule is CNC(=O)C12CC(COc3cc(-c4ccc(N5CC6CC(C5)N6Cc5ccc(OC)nc5)nc4)c4c(C#N)cnn4c3)(C1)C2. The number of aromatic nitrogens is 4. The molecular formula is C33H34N8O3. The molecule has 1 amide bonds. The second-order valence-corrected chi connectivity index (χ2v) is 13.0. The van der Waals surface area contributed by atoms with Gasteiger partial charge in [-0.3, -0.25) is 9.69 Å². The molecule has 224 valence electrons. The van der Waals surface area contributed by atoms with Crippen LogP contribution in [0.4, 0.5) is 5.82 Å². The van der Waals surface area contributed by atoms with Gasteiger partial charge in [-0.1, -0.05) is 6.07 Å². The number of pyridine rings is 3. The maximum Gasteiger partial charge on any atom is 0.226 e. The maximum absolute atomic E-state index is 12.2. The van der Waals surface area contributed by atoms with Gasteiger partial charge in [0.1, 0.15) is 17.6 Å². The van der Waals surface area contributed by atoms with E-state index in [-0.39, 0.29) is 16.7 Å². The summed E-state index contributed by atoms with van der Waals surface area (Å²) < 4.78 is 13.2. The van der Waals surface area contributed by atoms with E-state index in [2.05, 4.69) is 49.5 Å². The Morgan fingerprint density at radius 1 is 1.11 bits per heavy atom. The summed E-state index contributed by atoms with van der Waals surface area (Å²) in [4.78, 5) is 26.4. The molecule has 7 heterocycles. The third-order valence-electron chi connectivity index (χ3n) is 10.2. The predicted molar refractivity (Wildman–Crippen MR) is 162 cm³/mol. The number of rotatable bonds is 9. The highest BCUT2D eigenvalue weighted by Gasteiger charge is 2.71. The zero-order valence-corrected chi connectivity index (χ0v) is 24.9. The predicted octanol–water partition coefficient (Wildman–Crippen LogP) is 3.43. The molecule has 4 aromatic heterocycles. The second-order valence-electron chi connectivity index (χ2n) is 13.0. The number of anilines is 1. The summed E-state index contributed by atoms with van der Waals surface area (Å²) in [6.07, 6.45) is 11.0. The number of carbonyl (C=O) groups is 1. The first-order chi connectivity index (χ1) is 21.4. The van der Waals surface area contributed by atoms with Crippen molar-refractivity contribution >= 4 is 17.2 Å². The molecule has 3 aliphatic heterocycles. The van der Waals surface area contributed by atoms with Gasteiger partial charge in [0.15, 0.2) is 0 Å². The van der Waals surface area contributed by atoms with Crippen LogP contribution in [-0.4, -0.2) is 76.3 Å². The number of amides is 1. The second kappa shape index (κ2) is 9.92. The van der Waals surface area contributed by atoms with Crippen molar-refractivity contribution in [3.8, 4) is 28.8 Å². The fraction of sp³-hybridized carbons (Fsp3) is 0.424. The molecule has 0 spiro atoms. The minimum atomic E-state index is -0.189. The summed E-state index contributed by atoms with van der Waals surface area (Å²) in [6, 6.07) is 13.4. The summed E-state index contributed by atoms with van der Waals surface area (Å²) in [5.41, 5.74) is 4.08. The molecule has 2 unspecified atom stereocenters. The first-order valence-corrected chi connectivity index (χ1v) is 15.1. The lowest BCUT2D eigenvalue weighted by molar-refractivity contribution is -0.217. The van der Waals surface area contributed by atoms with Crippen LogP contribution >= 0.6 is 0 Å². The standard InChI is InChI=1S/C33H34N8O3/c1-35-31(42)33-17-32(18-33,19-33)20-44-26-8-27(30-23(9-34)12-38-41(30)16-26)22-4-5-28(36-11-22)39-14-24-7-25(15-39)40(24)13-21-3-6-29(43-2)37-10-21/h3-6,8,10-12,16,24-25H,7,13-15,17-20H2,1-2H3,(H,35,42). The molecule has 3 saturated carbocycles. The maximum atomic E-state index is 12.2. The fourth-order valence-electron chi connectivity index (χ4n) is 8.07. The van der Waals surface area contributed by atoms with Gasteiger partial charge < -0.3 is 19.7 Å². The molecule has 2 atom stereocenters. The normalized spacial score (nSPS) is 26.6. The van der Waals surface area contributed by atoms with Gasteiger partial charge in [-0.25, -0.2) is 14.5 Å². The Bertz CT molecular complexity index is 1760. The number of nitriles is 1. The number of methoxy groups -OCH3 is 1. The lowest BCUT2D eigenvalue weighted by Crippen LogP contribution is -2.69. The Kier molecular flexibility index (Phi) is 6.07. The highest BCUT2D eigenvalue weighted by Crippen LogP contribution is 2.73. The number of hydrogen-bond acceptors (Lipinski definition) is 9. The Labute approximate surface area is 255 Å². The molecule has 4 bridgehead atoms. The molecule has 6 fully saturated rings. The van der Waals surface area contributed by atoms with Gasteiger partial charge >= 0.3 is 0 Å². The summed E-state index contributed by atoms with van der Waals surface area (Å²) in [5, 5.41) is 17.0. The van der Waals surface area contributed by atoms with Gasteiger partial charge in [0.2, 0.25) is 11.8 Å². The van der Waals surface area contributed by atoms with Crippen LogP contribution in [0, 0.1) is 22.2 Å². The van der Waals surface area contributed by atoms with E-state index in [1.54, 1.807) is 24.9 Å². The molecule has 0 aromatic carbocycles. The third kappa shape index (κ3) is 4.19. The monoisotopic (exact) mass is 590 g/mol. The topological polar surface area (TPSA) is 121 Å². The Morgan fingerprint density at radius 2 is 1.93 bits per heavy atom. The summed E-state index contributed by atoms with van der Waals surface area (Å²) in [6.45, 7) is 3.32. The average Bonchev–Trinajstić information content (AvgIpc) is 3.45. The largest absolute Gasteiger partial charge is 0.491 e. The number of ether oxygens (including phenoxy) is 2. The molecule has 3 aliphatic carbocycles. The molecule has 10 rings (SSSR count). The number of nitrogens with one attached hydrogen (secondary N) is 1. The van der Waals surface area contributed by atoms with E-state index >= 15 is 0 Å². The van der Waals surface area contributed by atoms with E-state index in [0.29, 0.717) is 35.9 Å². The minimum absolute atomic E-state index is 0.0724. The van der Waals surface area contributed by atoms with Crippen LogP contribution in [-0.2, 0) is 11.3 Å². The molecule has 6 aliphatic rings. The van der Waals surface area contributed by atoms with Gasteiger partial charge in [0.05, 0.1) is 42.6 Å². The van der Waals surface area contributed by atoms with Crippen molar-refractivity contribution in [2.24, 2.45) is 10.8 Å². The van der Waals surface area contributed by atoms with E-state index in [0.717, 1.165) is 61.4 Å². The van der Waals surface area contributed by atoms with E-state index in [1.165, 1.54) is 12.0 Å². The smallest absolute Gasteiger partial charge is 0.226 e. The van der Waals surface area contributed by atoms with Crippen LogP contribution in [0.3, 0.4) is 0 Å². The van der Waals surface area contributed by atoms with E-state index in [4.69, 9.17) is 14.5 Å². The summed E-state index contributed by atoms with van der Waals surface area (Å²) in [5.74, 6) is 2.42. The van der Waals surface area contributed by atoms with E-state index in [1.807, 2.05) is 30.7 Å².